The molecule has 0 aliphatic heterocycles. The third kappa shape index (κ3) is 3.00. The van der Waals surface area contributed by atoms with E-state index in [9.17, 15) is 0 Å². The maximum Gasteiger partial charge on any atom is 0.119 e. The van der Waals surface area contributed by atoms with E-state index in [1.165, 1.54) is 0 Å². The van der Waals surface area contributed by atoms with E-state index in [2.05, 4.69) is 15.9 Å². The summed E-state index contributed by atoms with van der Waals surface area (Å²) in [6.07, 6.45) is 0. The number of hydrogen-bond donors (Lipinski definition) is 0. The maximum atomic E-state index is 6.03. The molecule has 0 aliphatic carbocycles. The van der Waals surface area contributed by atoms with Crippen molar-refractivity contribution in [3.05, 3.63) is 63.6 Å². The second kappa shape index (κ2) is 5.37. The van der Waals surface area contributed by atoms with Crippen molar-refractivity contribution < 1.29 is 4.74 Å². The summed E-state index contributed by atoms with van der Waals surface area (Å²) in [5, 5.41) is 0.736. The Morgan fingerprint density at radius 1 is 1.00 bits per heavy atom. The number of benzene rings is 2. The van der Waals surface area contributed by atoms with E-state index >= 15 is 0 Å². The van der Waals surface area contributed by atoms with Gasteiger partial charge >= 0.3 is 0 Å². The van der Waals surface area contributed by atoms with E-state index in [-0.39, 0.29) is 0 Å². The predicted molar refractivity (Wildman–Crippen MR) is 69.9 cm³/mol. The Bertz CT molecular complexity index is 468. The molecule has 0 heterocycles. The Kier molecular flexibility index (Phi) is 3.86. The third-order valence-corrected chi connectivity index (χ3v) is 3.06. The lowest BCUT2D eigenvalue weighted by molar-refractivity contribution is 0.306. The Balaban J connectivity index is 2.02. The summed E-state index contributed by atoms with van der Waals surface area (Å²) >= 11 is 9.40. The molecule has 0 spiro atoms. The molecule has 2 aromatic carbocycles. The lowest BCUT2D eigenvalue weighted by Gasteiger charge is -2.07. The fraction of sp³-hybridized carbons (Fsp3) is 0.0769. The van der Waals surface area contributed by atoms with Crippen LogP contribution in [0.25, 0.3) is 0 Å². The smallest absolute Gasteiger partial charge is 0.119 e. The molecule has 2 rings (SSSR count). The molecule has 16 heavy (non-hydrogen) atoms. The van der Waals surface area contributed by atoms with Crippen molar-refractivity contribution in [2.24, 2.45) is 0 Å². The molecule has 0 aliphatic rings. The van der Waals surface area contributed by atoms with Gasteiger partial charge in [0, 0.05) is 15.1 Å². The second-order valence-corrected chi connectivity index (χ2v) is 4.66. The third-order valence-electron chi connectivity index (χ3n) is 2.17. The Labute approximate surface area is 108 Å². The monoisotopic (exact) mass is 296 g/mol. The fourth-order valence-corrected chi connectivity index (χ4v) is 1.76. The van der Waals surface area contributed by atoms with Gasteiger partial charge in [0.25, 0.3) is 0 Å². The minimum absolute atomic E-state index is 0.487. The van der Waals surface area contributed by atoms with E-state index in [1.54, 1.807) is 0 Å². The van der Waals surface area contributed by atoms with Gasteiger partial charge in [-0.25, -0.2) is 0 Å². The van der Waals surface area contributed by atoms with Crippen molar-refractivity contribution in [3.8, 4) is 5.75 Å². The Morgan fingerprint density at radius 3 is 2.38 bits per heavy atom. The van der Waals surface area contributed by atoms with Gasteiger partial charge in [-0.3, -0.25) is 0 Å². The fourth-order valence-electron chi connectivity index (χ4n) is 1.31. The molecule has 0 aromatic heterocycles. The van der Waals surface area contributed by atoms with Gasteiger partial charge in [0.15, 0.2) is 0 Å². The molecule has 2 aromatic rings. The predicted octanol–water partition coefficient (Wildman–Crippen LogP) is 4.68. The number of hydrogen-bond acceptors (Lipinski definition) is 1. The van der Waals surface area contributed by atoms with Gasteiger partial charge in [0.05, 0.1) is 0 Å². The highest BCUT2D eigenvalue weighted by molar-refractivity contribution is 9.10. The Morgan fingerprint density at radius 2 is 1.69 bits per heavy atom. The zero-order chi connectivity index (χ0) is 11.4. The van der Waals surface area contributed by atoms with Crippen LogP contribution in [0.15, 0.2) is 53.0 Å². The van der Waals surface area contributed by atoms with E-state index in [0.29, 0.717) is 6.61 Å². The van der Waals surface area contributed by atoms with Gasteiger partial charge in [-0.05, 0) is 30.3 Å². The SMILES string of the molecule is Clc1ccccc1COc1ccc(Br)cc1. The summed E-state index contributed by atoms with van der Waals surface area (Å²) in [7, 11) is 0. The number of ether oxygens (including phenoxy) is 1. The van der Waals surface area contributed by atoms with E-state index in [1.807, 2.05) is 48.5 Å². The molecule has 3 heteroatoms. The van der Waals surface area contributed by atoms with Crippen LogP contribution in [0.3, 0.4) is 0 Å². The minimum Gasteiger partial charge on any atom is -0.489 e. The highest BCUT2D eigenvalue weighted by atomic mass is 79.9. The lowest BCUT2D eigenvalue weighted by atomic mass is 10.2. The molecule has 0 radical (unpaired) electrons. The second-order valence-electron chi connectivity index (χ2n) is 3.33. The molecule has 0 bridgehead atoms. The Hall–Kier alpha value is -0.990. The molecule has 0 amide bonds. The van der Waals surface area contributed by atoms with Crippen molar-refractivity contribution in [1.82, 2.24) is 0 Å². The lowest BCUT2D eigenvalue weighted by Crippen LogP contribution is -1.95. The summed E-state index contributed by atoms with van der Waals surface area (Å²) in [6, 6.07) is 15.4. The van der Waals surface area contributed by atoms with Crippen LogP contribution < -0.4 is 4.74 Å². The maximum absolute atomic E-state index is 6.03. The van der Waals surface area contributed by atoms with Crippen LogP contribution in [-0.2, 0) is 6.61 Å². The zero-order valence-electron chi connectivity index (χ0n) is 8.49. The highest BCUT2D eigenvalue weighted by Crippen LogP contribution is 2.20. The zero-order valence-corrected chi connectivity index (χ0v) is 10.8. The first-order valence-corrected chi connectivity index (χ1v) is 6.04. The van der Waals surface area contributed by atoms with Gasteiger partial charge in [-0.2, -0.15) is 0 Å². The van der Waals surface area contributed by atoms with Crippen molar-refractivity contribution in [2.75, 3.05) is 0 Å². The summed E-state index contributed by atoms with van der Waals surface area (Å²) in [5.41, 5.74) is 0.993. The molecular weight excluding hydrogens is 287 g/mol. The van der Waals surface area contributed by atoms with Crippen LogP contribution in [0.5, 0.6) is 5.75 Å². The standard InChI is InChI=1S/C13H10BrClO/c14-11-5-7-12(8-6-11)16-9-10-3-1-2-4-13(10)15/h1-8H,9H2. The van der Waals surface area contributed by atoms with E-state index in [4.69, 9.17) is 16.3 Å². The van der Waals surface area contributed by atoms with Crippen molar-refractivity contribution in [2.45, 2.75) is 6.61 Å². The largest absolute Gasteiger partial charge is 0.489 e. The molecule has 0 atom stereocenters. The van der Waals surface area contributed by atoms with Crippen LogP contribution in [0.1, 0.15) is 5.56 Å². The van der Waals surface area contributed by atoms with Gasteiger partial charge in [-0.1, -0.05) is 45.7 Å². The van der Waals surface area contributed by atoms with E-state index in [0.717, 1.165) is 20.8 Å². The van der Waals surface area contributed by atoms with Crippen LogP contribution >= 0.6 is 27.5 Å². The van der Waals surface area contributed by atoms with Crippen LogP contribution in [-0.4, -0.2) is 0 Å². The molecule has 1 nitrogen and oxygen atoms in total. The topological polar surface area (TPSA) is 9.23 Å². The highest BCUT2D eigenvalue weighted by Gasteiger charge is 1.99. The summed E-state index contributed by atoms with van der Waals surface area (Å²) in [5.74, 6) is 0.836. The summed E-state index contributed by atoms with van der Waals surface area (Å²) in [4.78, 5) is 0. The molecule has 0 saturated carbocycles. The van der Waals surface area contributed by atoms with Crippen LogP contribution in [0, 0.1) is 0 Å². The molecule has 0 saturated heterocycles. The first-order chi connectivity index (χ1) is 7.75. The normalized spacial score (nSPS) is 10.1. The summed E-state index contributed by atoms with van der Waals surface area (Å²) < 4.78 is 6.66. The quantitative estimate of drug-likeness (QED) is 0.799. The van der Waals surface area contributed by atoms with Crippen molar-refractivity contribution in [3.63, 3.8) is 0 Å². The van der Waals surface area contributed by atoms with Gasteiger partial charge < -0.3 is 4.74 Å². The molecule has 82 valence electrons. The van der Waals surface area contributed by atoms with Crippen LogP contribution in [0.4, 0.5) is 0 Å². The minimum atomic E-state index is 0.487. The number of rotatable bonds is 3. The first-order valence-electron chi connectivity index (χ1n) is 4.87. The average Bonchev–Trinajstić information content (AvgIpc) is 2.30. The summed E-state index contributed by atoms with van der Waals surface area (Å²) in [6.45, 7) is 0.487. The van der Waals surface area contributed by atoms with Crippen molar-refractivity contribution >= 4 is 27.5 Å². The number of halogens is 2. The van der Waals surface area contributed by atoms with Crippen molar-refractivity contribution in [1.29, 1.82) is 0 Å². The van der Waals surface area contributed by atoms with Gasteiger partial charge in [0.1, 0.15) is 12.4 Å². The van der Waals surface area contributed by atoms with Crippen LogP contribution in [0.2, 0.25) is 5.02 Å². The molecule has 0 N–H and O–H groups in total. The molecule has 0 unspecified atom stereocenters. The average molecular weight is 298 g/mol. The molecule has 0 fully saturated rings. The first kappa shape index (κ1) is 11.5. The van der Waals surface area contributed by atoms with Gasteiger partial charge in [0.2, 0.25) is 0 Å². The van der Waals surface area contributed by atoms with E-state index < -0.39 is 0 Å². The van der Waals surface area contributed by atoms with Gasteiger partial charge in [-0.15, -0.1) is 0 Å². The molecular formula is C13H10BrClO.